The molecule has 8 nitrogen and oxygen atoms in total. The number of rotatable bonds is 5. The van der Waals surface area contributed by atoms with E-state index < -0.39 is 0 Å². The van der Waals surface area contributed by atoms with Crippen LogP contribution in [0.1, 0.15) is 17.3 Å². The van der Waals surface area contributed by atoms with Gasteiger partial charge in [0.05, 0.1) is 34.7 Å². The Morgan fingerprint density at radius 3 is 2.61 bits per heavy atom. The van der Waals surface area contributed by atoms with E-state index >= 15 is 0 Å². The summed E-state index contributed by atoms with van der Waals surface area (Å²) in [6.07, 6.45) is 6.80. The molecule has 1 amide bonds. The highest BCUT2D eigenvalue weighted by atomic mass is 16.1. The number of nitrogens with one attached hydrogen (secondary N) is 1. The fraction of sp³-hybridized carbons (Fsp3) is 0.0870. The Morgan fingerprint density at radius 2 is 1.90 bits per heavy atom. The van der Waals surface area contributed by atoms with Gasteiger partial charge in [-0.15, -0.1) is 0 Å². The third-order valence-electron chi connectivity index (χ3n) is 4.97. The number of aryl methyl sites for hydroxylation is 1. The van der Waals surface area contributed by atoms with E-state index in [1.165, 1.54) is 0 Å². The summed E-state index contributed by atoms with van der Waals surface area (Å²) in [5.41, 5.74) is 3.45. The van der Waals surface area contributed by atoms with Gasteiger partial charge in [0.25, 0.3) is 5.91 Å². The molecule has 0 atom stereocenters. The molecule has 5 aromatic rings. The molecular weight excluding hydrogens is 390 g/mol. The first-order valence-corrected chi connectivity index (χ1v) is 9.92. The maximum atomic E-state index is 13.2. The van der Waals surface area contributed by atoms with Gasteiger partial charge in [-0.3, -0.25) is 4.79 Å². The third kappa shape index (κ3) is 3.55. The van der Waals surface area contributed by atoms with Crippen molar-refractivity contribution in [3.05, 3.63) is 84.9 Å². The molecule has 31 heavy (non-hydrogen) atoms. The number of fused-ring (bicyclic) bond motifs is 1. The molecule has 0 bridgehead atoms. The normalized spacial score (nSPS) is 11.0. The van der Waals surface area contributed by atoms with Gasteiger partial charge in [-0.2, -0.15) is 10.2 Å². The standard InChI is InChI=1S/C23H19N7O/c1-2-29-22-19(15-26-29)18(13-20(28-22)16-7-4-3-5-8-16)23(31)27-17-9-10-21(24-14-17)30-12-6-11-25-30/h3-15H,2H2,1H3,(H,27,31). The number of anilines is 1. The molecule has 8 heteroatoms. The van der Waals surface area contributed by atoms with Gasteiger partial charge in [0.15, 0.2) is 11.5 Å². The van der Waals surface area contributed by atoms with E-state index in [9.17, 15) is 4.79 Å². The average molecular weight is 409 g/mol. The van der Waals surface area contributed by atoms with Crippen LogP contribution in [0.5, 0.6) is 0 Å². The Kier molecular flexibility index (Phi) is 4.72. The molecule has 152 valence electrons. The van der Waals surface area contributed by atoms with E-state index in [0.717, 1.165) is 11.3 Å². The first-order chi connectivity index (χ1) is 15.2. The summed E-state index contributed by atoms with van der Waals surface area (Å²) in [7, 11) is 0. The van der Waals surface area contributed by atoms with Crippen LogP contribution in [0.3, 0.4) is 0 Å². The van der Waals surface area contributed by atoms with Gasteiger partial charge in [0.2, 0.25) is 0 Å². The Morgan fingerprint density at radius 1 is 1.03 bits per heavy atom. The lowest BCUT2D eigenvalue weighted by Crippen LogP contribution is -2.13. The van der Waals surface area contributed by atoms with Crippen LogP contribution in [0.4, 0.5) is 5.69 Å². The summed E-state index contributed by atoms with van der Waals surface area (Å²) in [5.74, 6) is 0.429. The summed E-state index contributed by atoms with van der Waals surface area (Å²) in [6.45, 7) is 2.66. The Balaban J connectivity index is 1.51. The maximum Gasteiger partial charge on any atom is 0.256 e. The number of pyridine rings is 2. The summed E-state index contributed by atoms with van der Waals surface area (Å²) >= 11 is 0. The predicted octanol–water partition coefficient (Wildman–Crippen LogP) is 3.95. The summed E-state index contributed by atoms with van der Waals surface area (Å²) in [5, 5.41) is 12.2. The first kappa shape index (κ1) is 18.7. The quantitative estimate of drug-likeness (QED) is 0.475. The minimum atomic E-state index is -0.242. The van der Waals surface area contributed by atoms with Gasteiger partial charge in [0.1, 0.15) is 0 Å². The zero-order valence-electron chi connectivity index (χ0n) is 16.8. The summed E-state index contributed by atoms with van der Waals surface area (Å²) in [4.78, 5) is 22.3. The van der Waals surface area contributed by atoms with E-state index in [0.29, 0.717) is 34.6 Å². The van der Waals surface area contributed by atoms with Gasteiger partial charge in [-0.1, -0.05) is 30.3 Å². The minimum absolute atomic E-state index is 0.242. The molecule has 0 fully saturated rings. The molecule has 0 aliphatic heterocycles. The molecule has 4 aromatic heterocycles. The van der Waals surface area contributed by atoms with Crippen LogP contribution in [-0.4, -0.2) is 35.4 Å². The maximum absolute atomic E-state index is 13.2. The molecular formula is C23H19N7O. The molecule has 0 aliphatic carbocycles. The van der Waals surface area contributed by atoms with E-state index in [4.69, 9.17) is 4.98 Å². The van der Waals surface area contributed by atoms with Crippen molar-refractivity contribution in [3.63, 3.8) is 0 Å². The van der Waals surface area contributed by atoms with Crippen LogP contribution in [0, 0.1) is 0 Å². The van der Waals surface area contributed by atoms with Gasteiger partial charge < -0.3 is 5.32 Å². The number of carbonyl (C=O) groups excluding carboxylic acids is 1. The Labute approximate surface area is 178 Å². The van der Waals surface area contributed by atoms with Gasteiger partial charge in [-0.05, 0) is 31.2 Å². The van der Waals surface area contributed by atoms with Gasteiger partial charge >= 0.3 is 0 Å². The Bertz CT molecular complexity index is 1340. The third-order valence-corrected chi connectivity index (χ3v) is 4.97. The summed E-state index contributed by atoms with van der Waals surface area (Å²) < 4.78 is 3.45. The molecule has 0 spiro atoms. The van der Waals surface area contributed by atoms with Crippen LogP contribution in [0.2, 0.25) is 0 Å². The van der Waals surface area contributed by atoms with E-state index in [1.54, 1.807) is 46.2 Å². The lowest BCUT2D eigenvalue weighted by atomic mass is 10.1. The number of hydrogen-bond donors (Lipinski definition) is 1. The fourth-order valence-electron chi connectivity index (χ4n) is 3.42. The van der Waals surface area contributed by atoms with Crippen molar-refractivity contribution in [2.45, 2.75) is 13.5 Å². The Hall–Kier alpha value is -4.33. The van der Waals surface area contributed by atoms with Gasteiger partial charge in [0, 0.05) is 24.5 Å². The smallest absolute Gasteiger partial charge is 0.256 e. The van der Waals surface area contributed by atoms with E-state index in [1.807, 2.05) is 49.5 Å². The molecule has 0 aliphatic rings. The van der Waals surface area contributed by atoms with Crippen LogP contribution >= 0.6 is 0 Å². The zero-order chi connectivity index (χ0) is 21.2. The first-order valence-electron chi connectivity index (χ1n) is 9.92. The van der Waals surface area contributed by atoms with Crippen LogP contribution in [0.15, 0.2) is 79.4 Å². The zero-order valence-corrected chi connectivity index (χ0v) is 16.8. The van der Waals surface area contributed by atoms with Crippen molar-refractivity contribution in [1.29, 1.82) is 0 Å². The second-order valence-corrected chi connectivity index (χ2v) is 6.93. The van der Waals surface area contributed by atoms with E-state index in [2.05, 4.69) is 20.5 Å². The highest BCUT2D eigenvalue weighted by Crippen LogP contribution is 2.25. The average Bonchev–Trinajstić information content (AvgIpc) is 3.49. The second kappa shape index (κ2) is 7.83. The van der Waals surface area contributed by atoms with E-state index in [-0.39, 0.29) is 5.91 Å². The van der Waals surface area contributed by atoms with Crippen molar-refractivity contribution in [2.75, 3.05) is 5.32 Å². The molecule has 0 radical (unpaired) electrons. The minimum Gasteiger partial charge on any atom is -0.321 e. The van der Waals surface area contributed by atoms with Crippen LogP contribution in [-0.2, 0) is 6.54 Å². The van der Waals surface area contributed by atoms with Crippen molar-refractivity contribution >= 4 is 22.6 Å². The molecule has 1 N–H and O–H groups in total. The monoisotopic (exact) mass is 409 g/mol. The number of hydrogen-bond acceptors (Lipinski definition) is 5. The summed E-state index contributed by atoms with van der Waals surface area (Å²) in [6, 6.07) is 17.0. The van der Waals surface area contributed by atoms with Crippen molar-refractivity contribution < 1.29 is 4.79 Å². The molecule has 0 unspecified atom stereocenters. The van der Waals surface area contributed by atoms with Crippen LogP contribution in [0.25, 0.3) is 28.1 Å². The lowest BCUT2D eigenvalue weighted by Gasteiger charge is -2.10. The lowest BCUT2D eigenvalue weighted by molar-refractivity contribution is 0.102. The van der Waals surface area contributed by atoms with Crippen molar-refractivity contribution in [1.82, 2.24) is 29.5 Å². The largest absolute Gasteiger partial charge is 0.321 e. The molecule has 0 saturated heterocycles. The number of amides is 1. The van der Waals surface area contributed by atoms with Crippen LogP contribution < -0.4 is 5.32 Å². The van der Waals surface area contributed by atoms with Crippen molar-refractivity contribution in [2.24, 2.45) is 0 Å². The highest BCUT2D eigenvalue weighted by Gasteiger charge is 2.17. The number of aromatic nitrogens is 6. The molecule has 1 aromatic carbocycles. The molecule has 5 rings (SSSR count). The number of nitrogens with zero attached hydrogens (tertiary/aromatic N) is 6. The topological polar surface area (TPSA) is 90.5 Å². The van der Waals surface area contributed by atoms with Gasteiger partial charge in [-0.25, -0.2) is 19.3 Å². The molecule has 0 saturated carbocycles. The highest BCUT2D eigenvalue weighted by molar-refractivity contribution is 6.12. The molecule has 4 heterocycles. The fourth-order valence-corrected chi connectivity index (χ4v) is 3.42. The SMILES string of the molecule is CCn1ncc2c(C(=O)Nc3ccc(-n4cccn4)nc3)cc(-c3ccccc3)nc21. The second-order valence-electron chi connectivity index (χ2n) is 6.93. The number of carbonyl (C=O) groups is 1. The number of benzene rings is 1. The van der Waals surface area contributed by atoms with Crippen molar-refractivity contribution in [3.8, 4) is 17.1 Å². The predicted molar refractivity (Wildman–Crippen MR) is 118 cm³/mol.